The van der Waals surface area contributed by atoms with Crippen molar-refractivity contribution in [3.8, 4) is 28.1 Å². The van der Waals surface area contributed by atoms with Crippen molar-refractivity contribution >= 4 is 46.4 Å². The zero-order chi connectivity index (χ0) is 29.4. The summed E-state index contributed by atoms with van der Waals surface area (Å²) in [5.74, 6) is -0.359. The topological polar surface area (TPSA) is 108 Å². The minimum absolute atomic E-state index is 0.109. The van der Waals surface area contributed by atoms with Gasteiger partial charge in [0.1, 0.15) is 0 Å². The van der Waals surface area contributed by atoms with E-state index in [0.717, 1.165) is 11.1 Å². The van der Waals surface area contributed by atoms with Crippen molar-refractivity contribution in [2.75, 3.05) is 5.32 Å². The minimum Gasteiger partial charge on any atom is -0.324 e. The normalized spacial score (nSPS) is 17.1. The van der Waals surface area contributed by atoms with Gasteiger partial charge < -0.3 is 5.32 Å². The van der Waals surface area contributed by atoms with Crippen molar-refractivity contribution in [2.45, 2.75) is 32.2 Å². The van der Waals surface area contributed by atoms with Gasteiger partial charge in [-0.2, -0.15) is 0 Å². The lowest BCUT2D eigenvalue weighted by Gasteiger charge is -2.24. The average Bonchev–Trinajstić information content (AvgIpc) is 3.41. The number of rotatable bonds is 3. The number of nitrogens with one attached hydrogen (secondary N) is 1. The maximum atomic E-state index is 13.7. The summed E-state index contributed by atoms with van der Waals surface area (Å²) < 4.78 is 3.14. The molecule has 2 bridgehead atoms. The number of halogens is 3. The quantitative estimate of drug-likeness (QED) is 0.236. The lowest BCUT2D eigenvalue weighted by atomic mass is 9.93. The molecular formula is C30H24Cl3N7O2. The molecule has 0 fully saturated rings. The Hall–Kier alpha value is -4.05. The molecule has 0 saturated carbocycles. The first-order chi connectivity index (χ1) is 20.3. The first-order valence-corrected chi connectivity index (χ1v) is 14.4. The Labute approximate surface area is 256 Å². The maximum absolute atomic E-state index is 13.7. The van der Waals surface area contributed by atoms with Crippen molar-refractivity contribution in [2.24, 2.45) is 5.92 Å². The number of anilines is 1. The molecule has 12 heteroatoms. The summed E-state index contributed by atoms with van der Waals surface area (Å²) in [4.78, 5) is 35.6. The molecular weight excluding hydrogens is 597 g/mol. The van der Waals surface area contributed by atoms with E-state index in [1.54, 1.807) is 47.7 Å². The molecule has 4 heterocycles. The summed E-state index contributed by atoms with van der Waals surface area (Å²) in [6, 6.07) is 14.2. The number of fused-ring (bicyclic) bond motifs is 4. The van der Waals surface area contributed by atoms with Crippen LogP contribution in [-0.4, -0.2) is 35.4 Å². The van der Waals surface area contributed by atoms with Gasteiger partial charge in [-0.15, -0.1) is 5.10 Å². The second-order valence-electron chi connectivity index (χ2n) is 10.2. The Morgan fingerprint density at radius 3 is 2.64 bits per heavy atom. The number of nitrogens with zero attached hydrogens (tertiary/aromatic N) is 6. The average molecular weight is 621 g/mol. The van der Waals surface area contributed by atoms with Crippen LogP contribution in [0.1, 0.15) is 37.8 Å². The van der Waals surface area contributed by atoms with Crippen LogP contribution in [0.25, 0.3) is 28.1 Å². The van der Waals surface area contributed by atoms with E-state index in [9.17, 15) is 9.59 Å². The lowest BCUT2D eigenvalue weighted by Crippen LogP contribution is -2.26. The van der Waals surface area contributed by atoms with Crippen LogP contribution >= 0.6 is 34.8 Å². The fraction of sp³-hybridized carbons (Fsp3) is 0.200. The molecule has 2 aromatic carbocycles. The summed E-state index contributed by atoms with van der Waals surface area (Å²) >= 11 is 18.9. The zero-order valence-electron chi connectivity index (χ0n) is 22.3. The van der Waals surface area contributed by atoms with E-state index < -0.39 is 0 Å². The van der Waals surface area contributed by atoms with Gasteiger partial charge in [0.2, 0.25) is 5.91 Å². The number of carbonyl (C=O) groups excluding carboxylic acids is 1. The zero-order valence-corrected chi connectivity index (χ0v) is 24.6. The largest absolute Gasteiger partial charge is 0.324 e. The second-order valence-corrected chi connectivity index (χ2v) is 11.4. The monoisotopic (exact) mass is 619 g/mol. The van der Waals surface area contributed by atoms with Gasteiger partial charge in [0.25, 0.3) is 5.56 Å². The van der Waals surface area contributed by atoms with E-state index in [-0.39, 0.29) is 28.6 Å². The van der Waals surface area contributed by atoms with Crippen molar-refractivity contribution < 1.29 is 4.79 Å². The van der Waals surface area contributed by atoms with Crippen LogP contribution < -0.4 is 10.9 Å². The summed E-state index contributed by atoms with van der Waals surface area (Å²) in [6.07, 6.45) is 8.25. The van der Waals surface area contributed by atoms with Gasteiger partial charge >= 0.3 is 0 Å². The van der Waals surface area contributed by atoms with Crippen molar-refractivity contribution in [1.29, 1.82) is 0 Å². The van der Waals surface area contributed by atoms with Crippen molar-refractivity contribution in [3.05, 3.63) is 105 Å². The molecule has 2 atom stereocenters. The van der Waals surface area contributed by atoms with Crippen molar-refractivity contribution in [1.82, 2.24) is 29.5 Å². The molecule has 1 amide bonds. The van der Waals surface area contributed by atoms with Crippen LogP contribution in [0.2, 0.25) is 15.2 Å². The van der Waals surface area contributed by atoms with Gasteiger partial charge in [0.05, 0.1) is 46.9 Å². The fourth-order valence-electron chi connectivity index (χ4n) is 5.26. The number of pyridine rings is 1. The van der Waals surface area contributed by atoms with Gasteiger partial charge in [0.15, 0.2) is 5.15 Å². The van der Waals surface area contributed by atoms with Crippen LogP contribution in [0.15, 0.2) is 78.2 Å². The molecule has 0 spiro atoms. The summed E-state index contributed by atoms with van der Waals surface area (Å²) in [5, 5.41) is 12.0. The van der Waals surface area contributed by atoms with Crippen molar-refractivity contribution in [3.63, 3.8) is 0 Å². The molecule has 0 aliphatic carbocycles. The number of amides is 1. The fourth-order valence-corrected chi connectivity index (χ4v) is 5.83. The molecule has 1 aliphatic rings. The number of carbonyl (C=O) groups is 1. The molecule has 0 radical (unpaired) electrons. The molecule has 1 N–H and O–H groups in total. The molecule has 6 rings (SSSR count). The molecule has 9 nitrogen and oxygen atoms in total. The van der Waals surface area contributed by atoms with Crippen LogP contribution in [0, 0.1) is 5.92 Å². The minimum atomic E-state index is -0.328. The third kappa shape index (κ3) is 5.55. The lowest BCUT2D eigenvalue weighted by molar-refractivity contribution is -0.119. The molecule has 1 unspecified atom stereocenters. The smallest absolute Gasteiger partial charge is 0.254 e. The van der Waals surface area contributed by atoms with Gasteiger partial charge in [-0.05, 0) is 48.2 Å². The highest BCUT2D eigenvalue weighted by Gasteiger charge is 2.23. The molecule has 0 saturated heterocycles. The summed E-state index contributed by atoms with van der Waals surface area (Å²) in [7, 11) is 0. The van der Waals surface area contributed by atoms with Crippen LogP contribution in [0.3, 0.4) is 0 Å². The Balaban J connectivity index is 1.45. The maximum Gasteiger partial charge on any atom is 0.254 e. The highest BCUT2D eigenvalue weighted by atomic mass is 35.5. The van der Waals surface area contributed by atoms with E-state index in [0.29, 0.717) is 57.5 Å². The molecule has 1 aliphatic heterocycles. The SMILES string of the molecule is CC1CCC[C@H](n2cnc(-c3cc(Cl)ccc3-n3cc(Cl)nn3)cc2=O)c2cccc(c2)-c2c(Cl)cncc2NC1=O. The first-order valence-electron chi connectivity index (χ1n) is 13.3. The third-order valence-electron chi connectivity index (χ3n) is 7.40. The first kappa shape index (κ1) is 28.1. The number of benzene rings is 2. The Morgan fingerprint density at radius 2 is 1.86 bits per heavy atom. The molecule has 3 aromatic heterocycles. The predicted octanol–water partition coefficient (Wildman–Crippen LogP) is 6.86. The number of hydrogen-bond donors (Lipinski definition) is 1. The highest BCUT2D eigenvalue weighted by Crippen LogP contribution is 2.37. The van der Waals surface area contributed by atoms with Gasteiger partial charge in [-0.1, -0.05) is 71.6 Å². The number of aromatic nitrogens is 6. The summed E-state index contributed by atoms with van der Waals surface area (Å²) in [5.41, 5.74) is 4.37. The Bertz CT molecular complexity index is 1870. The van der Waals surface area contributed by atoms with E-state index in [1.165, 1.54) is 10.7 Å². The molecule has 212 valence electrons. The van der Waals surface area contributed by atoms with Gasteiger partial charge in [-0.3, -0.25) is 19.1 Å². The van der Waals surface area contributed by atoms with E-state index >= 15 is 0 Å². The number of hydrogen-bond acceptors (Lipinski definition) is 6. The van der Waals surface area contributed by atoms with Crippen LogP contribution in [0.5, 0.6) is 0 Å². The third-order valence-corrected chi connectivity index (χ3v) is 8.09. The molecule has 42 heavy (non-hydrogen) atoms. The molecule has 5 aromatic rings. The van der Waals surface area contributed by atoms with Gasteiger partial charge in [0, 0.05) is 34.3 Å². The standard InChI is InChI=1S/C30H24Cl3N7O2/c1-17-4-2-7-25(18-5-3-6-19(10-18)29-22(32)13-34-14-24(29)36-30(17)42)39-16-35-23(12-28(39)41)21-11-20(31)8-9-26(21)40-15-27(33)37-38-40/h3,5-6,8-17,25H,2,4,7H2,1H3,(H,36,42)/t17?,25-/m0/s1. The predicted molar refractivity (Wildman–Crippen MR) is 163 cm³/mol. The highest BCUT2D eigenvalue weighted by molar-refractivity contribution is 6.34. The van der Waals surface area contributed by atoms with E-state index in [1.807, 2.05) is 31.2 Å². The Morgan fingerprint density at radius 1 is 1.00 bits per heavy atom. The van der Waals surface area contributed by atoms with Crippen LogP contribution in [-0.2, 0) is 4.79 Å². The van der Waals surface area contributed by atoms with Crippen LogP contribution in [0.4, 0.5) is 5.69 Å². The van der Waals surface area contributed by atoms with Gasteiger partial charge in [-0.25, -0.2) is 9.67 Å². The Kier molecular flexibility index (Phi) is 7.81. The summed E-state index contributed by atoms with van der Waals surface area (Å²) in [6.45, 7) is 1.89. The van der Waals surface area contributed by atoms with E-state index in [4.69, 9.17) is 34.8 Å². The van der Waals surface area contributed by atoms with E-state index in [2.05, 4.69) is 25.6 Å². The second kappa shape index (κ2) is 11.7.